The van der Waals surface area contributed by atoms with Crippen molar-refractivity contribution in [2.75, 3.05) is 20.7 Å². The van der Waals surface area contributed by atoms with Crippen LogP contribution >= 0.6 is 0 Å². The molecule has 1 aliphatic heterocycles. The van der Waals surface area contributed by atoms with Gasteiger partial charge in [-0.15, -0.1) is 0 Å². The molecule has 1 aromatic carbocycles. The summed E-state index contributed by atoms with van der Waals surface area (Å²) in [5, 5.41) is 3.07. The fourth-order valence-electron chi connectivity index (χ4n) is 3.80. The molecule has 1 atom stereocenters. The predicted octanol–water partition coefficient (Wildman–Crippen LogP) is 2.73. The molecule has 1 aromatic rings. The minimum atomic E-state index is -0.116. The van der Waals surface area contributed by atoms with Gasteiger partial charge in [-0.25, -0.2) is 0 Å². The van der Waals surface area contributed by atoms with Crippen molar-refractivity contribution in [3.63, 3.8) is 0 Å². The van der Waals surface area contributed by atoms with Crippen molar-refractivity contribution in [2.45, 2.75) is 32.1 Å². The number of carbonyl (C=O) groups is 2. The van der Waals surface area contributed by atoms with Crippen LogP contribution in [0.25, 0.3) is 0 Å². The molecule has 1 N–H and O–H groups in total. The van der Waals surface area contributed by atoms with Gasteiger partial charge in [0.05, 0.1) is 7.11 Å². The van der Waals surface area contributed by atoms with E-state index in [-0.39, 0.29) is 17.2 Å². The average Bonchev–Trinajstić information content (AvgIpc) is 2.63. The van der Waals surface area contributed by atoms with E-state index in [0.29, 0.717) is 24.3 Å². The third-order valence-electron chi connectivity index (χ3n) is 5.21. The van der Waals surface area contributed by atoms with E-state index >= 15 is 0 Å². The molecule has 2 amide bonds. The molecule has 0 radical (unpaired) electrons. The van der Waals surface area contributed by atoms with Crippen LogP contribution in [0.2, 0.25) is 0 Å². The van der Waals surface area contributed by atoms with Gasteiger partial charge in [-0.3, -0.25) is 9.59 Å². The number of benzene rings is 1. The highest BCUT2D eigenvalue weighted by Crippen LogP contribution is 2.45. The Hall–Kier alpha value is -2.30. The van der Waals surface area contributed by atoms with Crippen molar-refractivity contribution >= 4 is 11.8 Å². The van der Waals surface area contributed by atoms with Gasteiger partial charge < -0.3 is 15.0 Å². The number of rotatable bonds is 4. The SMILES string of the molecule is COc1cccc(C(=O)NCC23CCCC=C2N(C)C(=O)CC3)c1. The van der Waals surface area contributed by atoms with Crippen molar-refractivity contribution in [3.8, 4) is 5.75 Å². The summed E-state index contributed by atoms with van der Waals surface area (Å²) in [5.41, 5.74) is 1.55. The maximum Gasteiger partial charge on any atom is 0.251 e. The summed E-state index contributed by atoms with van der Waals surface area (Å²) in [4.78, 5) is 26.3. The second-order valence-electron chi connectivity index (χ2n) is 6.63. The average molecular weight is 328 g/mol. The normalized spacial score (nSPS) is 23.3. The summed E-state index contributed by atoms with van der Waals surface area (Å²) >= 11 is 0. The fraction of sp³-hybridized carbons (Fsp3) is 0.474. The van der Waals surface area contributed by atoms with Gasteiger partial charge >= 0.3 is 0 Å². The van der Waals surface area contributed by atoms with Crippen LogP contribution < -0.4 is 10.1 Å². The summed E-state index contributed by atoms with van der Waals surface area (Å²) in [6.07, 6.45) is 6.62. The molecule has 5 nitrogen and oxygen atoms in total. The second kappa shape index (κ2) is 6.67. The number of likely N-dealkylation sites (tertiary alicyclic amines) is 1. The smallest absolute Gasteiger partial charge is 0.251 e. The number of methoxy groups -OCH3 is 1. The summed E-state index contributed by atoms with van der Waals surface area (Å²) in [6.45, 7) is 0.562. The molecule has 2 aliphatic rings. The van der Waals surface area contributed by atoms with Crippen LogP contribution in [0.4, 0.5) is 0 Å². The Labute approximate surface area is 142 Å². The Morgan fingerprint density at radius 3 is 3.00 bits per heavy atom. The van der Waals surface area contributed by atoms with Gasteiger partial charge in [0, 0.05) is 36.7 Å². The quantitative estimate of drug-likeness (QED) is 0.924. The molecule has 0 aromatic heterocycles. The number of nitrogens with one attached hydrogen (secondary N) is 1. The predicted molar refractivity (Wildman–Crippen MR) is 91.7 cm³/mol. The number of amides is 2. The zero-order valence-electron chi connectivity index (χ0n) is 14.3. The Morgan fingerprint density at radius 2 is 2.21 bits per heavy atom. The number of carbonyl (C=O) groups excluding carboxylic acids is 2. The van der Waals surface area contributed by atoms with Crippen LogP contribution in [0.1, 0.15) is 42.5 Å². The van der Waals surface area contributed by atoms with E-state index in [4.69, 9.17) is 4.74 Å². The van der Waals surface area contributed by atoms with Crippen LogP contribution in [0.15, 0.2) is 36.0 Å². The molecule has 128 valence electrons. The molecular weight excluding hydrogens is 304 g/mol. The summed E-state index contributed by atoms with van der Waals surface area (Å²) in [5.74, 6) is 0.729. The highest BCUT2D eigenvalue weighted by Gasteiger charge is 2.43. The van der Waals surface area contributed by atoms with Crippen LogP contribution in [0.5, 0.6) is 5.75 Å². The van der Waals surface area contributed by atoms with Crippen molar-refractivity contribution in [1.29, 1.82) is 0 Å². The van der Waals surface area contributed by atoms with Gasteiger partial charge in [0.15, 0.2) is 0 Å². The molecule has 1 aliphatic carbocycles. The third kappa shape index (κ3) is 3.03. The molecule has 0 saturated carbocycles. The van der Waals surface area contributed by atoms with E-state index in [1.807, 2.05) is 19.2 Å². The number of hydrogen-bond acceptors (Lipinski definition) is 3. The summed E-state index contributed by atoms with van der Waals surface area (Å²) in [6, 6.07) is 7.15. The Bertz CT molecular complexity index is 683. The molecule has 0 spiro atoms. The number of hydrogen-bond donors (Lipinski definition) is 1. The Morgan fingerprint density at radius 1 is 1.38 bits per heavy atom. The van der Waals surface area contributed by atoms with Crippen LogP contribution in [0.3, 0.4) is 0 Å². The second-order valence-corrected chi connectivity index (χ2v) is 6.63. The van der Waals surface area contributed by atoms with E-state index in [1.54, 1.807) is 24.1 Å². The van der Waals surface area contributed by atoms with Crippen molar-refractivity contribution in [2.24, 2.45) is 5.41 Å². The van der Waals surface area contributed by atoms with Gasteiger partial charge in [0.25, 0.3) is 5.91 Å². The van der Waals surface area contributed by atoms with Crippen LogP contribution in [-0.2, 0) is 4.79 Å². The van der Waals surface area contributed by atoms with Gasteiger partial charge in [-0.1, -0.05) is 12.1 Å². The fourth-order valence-corrected chi connectivity index (χ4v) is 3.80. The number of ether oxygens (including phenoxy) is 1. The molecule has 1 unspecified atom stereocenters. The molecule has 1 saturated heterocycles. The highest BCUT2D eigenvalue weighted by atomic mass is 16.5. The molecule has 3 rings (SSSR count). The monoisotopic (exact) mass is 328 g/mol. The van der Waals surface area contributed by atoms with Crippen molar-refractivity contribution in [1.82, 2.24) is 10.2 Å². The number of piperidine rings is 1. The van der Waals surface area contributed by atoms with Crippen LogP contribution in [-0.4, -0.2) is 37.4 Å². The first-order valence-electron chi connectivity index (χ1n) is 8.45. The standard InChI is InChI=1S/C19H24N2O3/c1-21-16-8-3-4-10-19(16,11-9-17(21)22)13-20-18(23)14-6-5-7-15(12-14)24-2/h5-8,12H,3-4,9-11,13H2,1-2H3,(H,20,23). The van der Waals surface area contributed by atoms with Gasteiger partial charge in [0.2, 0.25) is 5.91 Å². The minimum Gasteiger partial charge on any atom is -0.497 e. The maximum atomic E-state index is 12.5. The molecular formula is C19H24N2O3. The lowest BCUT2D eigenvalue weighted by Crippen LogP contribution is -2.49. The molecule has 24 heavy (non-hydrogen) atoms. The van der Waals surface area contributed by atoms with E-state index in [9.17, 15) is 9.59 Å². The lowest BCUT2D eigenvalue weighted by molar-refractivity contribution is -0.132. The lowest BCUT2D eigenvalue weighted by Gasteiger charge is -2.46. The molecule has 5 heteroatoms. The van der Waals surface area contributed by atoms with E-state index in [1.165, 1.54) is 0 Å². The first-order valence-corrected chi connectivity index (χ1v) is 8.45. The number of allylic oxidation sites excluding steroid dienone is 1. The zero-order valence-corrected chi connectivity index (χ0v) is 14.3. The van der Waals surface area contributed by atoms with Gasteiger partial charge in [-0.05, 0) is 43.9 Å². The van der Waals surface area contributed by atoms with Crippen molar-refractivity contribution < 1.29 is 14.3 Å². The zero-order chi connectivity index (χ0) is 17.2. The molecule has 1 heterocycles. The molecule has 1 fully saturated rings. The summed E-state index contributed by atoms with van der Waals surface area (Å²) in [7, 11) is 3.43. The van der Waals surface area contributed by atoms with Gasteiger partial charge in [-0.2, -0.15) is 0 Å². The highest BCUT2D eigenvalue weighted by molar-refractivity contribution is 5.94. The lowest BCUT2D eigenvalue weighted by atomic mass is 9.70. The third-order valence-corrected chi connectivity index (χ3v) is 5.21. The van der Waals surface area contributed by atoms with E-state index < -0.39 is 0 Å². The van der Waals surface area contributed by atoms with E-state index in [0.717, 1.165) is 31.4 Å². The first kappa shape index (κ1) is 16.6. The van der Waals surface area contributed by atoms with Crippen molar-refractivity contribution in [3.05, 3.63) is 41.6 Å². The van der Waals surface area contributed by atoms with Gasteiger partial charge in [0.1, 0.15) is 5.75 Å². The summed E-state index contributed by atoms with van der Waals surface area (Å²) < 4.78 is 5.18. The Kier molecular flexibility index (Phi) is 4.60. The minimum absolute atomic E-state index is 0.104. The topological polar surface area (TPSA) is 58.6 Å². The van der Waals surface area contributed by atoms with Crippen LogP contribution in [0, 0.1) is 5.41 Å². The number of nitrogens with zero attached hydrogens (tertiary/aromatic N) is 1. The number of fused-ring (bicyclic) bond motifs is 1. The maximum absolute atomic E-state index is 12.5. The largest absolute Gasteiger partial charge is 0.497 e. The Balaban J connectivity index is 1.74. The van der Waals surface area contributed by atoms with E-state index in [2.05, 4.69) is 11.4 Å². The molecule has 0 bridgehead atoms. The first-order chi connectivity index (χ1) is 11.6.